The summed E-state index contributed by atoms with van der Waals surface area (Å²) in [4.78, 5) is 14.5. The molecule has 0 fully saturated rings. The molecule has 1 heterocycles. The average molecular weight is 504 g/mol. The number of carbonyl (C=O) groups excluding carboxylic acids is 1. The fraction of sp³-hybridized carbons (Fsp3) is 0.500. The first-order chi connectivity index (χ1) is 17.6. The summed E-state index contributed by atoms with van der Waals surface area (Å²) in [7, 11) is 0. The van der Waals surface area contributed by atoms with E-state index < -0.39 is 28.9 Å². The van der Waals surface area contributed by atoms with Gasteiger partial charge in [0.1, 0.15) is 11.7 Å². The highest BCUT2D eigenvalue weighted by Gasteiger charge is 2.55. The second-order valence-corrected chi connectivity index (χ2v) is 10.0. The molecule has 2 atom stereocenters. The predicted molar refractivity (Wildman–Crippen MR) is 136 cm³/mol. The Labute approximate surface area is 218 Å². The molecule has 0 aromatic heterocycles. The van der Waals surface area contributed by atoms with E-state index in [4.69, 9.17) is 19.9 Å². The van der Waals surface area contributed by atoms with Gasteiger partial charge in [0.05, 0.1) is 36.6 Å². The monoisotopic (exact) mass is 503 g/mol. The van der Waals surface area contributed by atoms with E-state index in [1.165, 1.54) is 4.90 Å². The van der Waals surface area contributed by atoms with Gasteiger partial charge in [0.15, 0.2) is 16.9 Å². The predicted octanol–water partition coefficient (Wildman–Crippen LogP) is 4.53. The highest BCUT2D eigenvalue weighted by atomic mass is 16.6. The van der Waals surface area contributed by atoms with Crippen LogP contribution in [-0.2, 0) is 4.74 Å². The second kappa shape index (κ2) is 10.8. The molecule has 37 heavy (non-hydrogen) atoms. The van der Waals surface area contributed by atoms with Crippen LogP contribution in [0.15, 0.2) is 41.1 Å². The van der Waals surface area contributed by atoms with Gasteiger partial charge in [-0.05, 0) is 57.4 Å². The third-order valence-corrected chi connectivity index (χ3v) is 6.40. The Morgan fingerprint density at radius 1 is 1.16 bits per heavy atom. The number of amides is 1. The van der Waals surface area contributed by atoms with Gasteiger partial charge in [-0.1, -0.05) is 19.1 Å². The number of nitrogens with two attached hydrogens (primary N) is 1. The molecule has 1 aromatic rings. The summed E-state index contributed by atoms with van der Waals surface area (Å²) in [5.41, 5.74) is 5.15. The van der Waals surface area contributed by atoms with Crippen LogP contribution >= 0.6 is 0 Å². The van der Waals surface area contributed by atoms with Crippen molar-refractivity contribution in [2.75, 3.05) is 26.3 Å². The number of hydrogen-bond donors (Lipinski definition) is 1. The van der Waals surface area contributed by atoms with Gasteiger partial charge in [-0.15, -0.1) is 0 Å². The molecule has 9 heteroatoms. The molecule has 1 aromatic carbocycles. The van der Waals surface area contributed by atoms with Crippen molar-refractivity contribution in [3.63, 3.8) is 0 Å². The minimum atomic E-state index is -1.83. The number of nitriles is 3. The zero-order valence-electron chi connectivity index (χ0n) is 22.0. The standard InChI is InChI=1S/C28H33N5O4/c1-6-12-36-22-9-8-18(13-23(22)35-7-2)24-21-15-33(26(34)37-27(3,4)5)11-10-19(21)20(14-29)25(32)28(24,16-30)17-31/h8-10,13,21,24H,6-7,11-12,15,32H2,1-5H3/t21-,24-/m1/s1. The van der Waals surface area contributed by atoms with E-state index in [9.17, 15) is 20.6 Å². The van der Waals surface area contributed by atoms with Crippen molar-refractivity contribution < 1.29 is 19.0 Å². The number of hydrogen-bond acceptors (Lipinski definition) is 8. The molecule has 9 nitrogen and oxygen atoms in total. The van der Waals surface area contributed by atoms with E-state index in [-0.39, 0.29) is 24.4 Å². The van der Waals surface area contributed by atoms with Crippen LogP contribution in [0.1, 0.15) is 52.5 Å². The van der Waals surface area contributed by atoms with Crippen molar-refractivity contribution in [1.82, 2.24) is 4.90 Å². The largest absolute Gasteiger partial charge is 0.490 e. The summed E-state index contributed by atoms with van der Waals surface area (Å²) in [6.07, 6.45) is 2.06. The topological polar surface area (TPSA) is 145 Å². The first kappa shape index (κ1) is 27.4. The quantitative estimate of drug-likeness (QED) is 0.596. The van der Waals surface area contributed by atoms with E-state index in [1.807, 2.05) is 13.8 Å². The summed E-state index contributed by atoms with van der Waals surface area (Å²) in [5.74, 6) is -0.300. The van der Waals surface area contributed by atoms with E-state index in [0.717, 1.165) is 6.42 Å². The lowest BCUT2D eigenvalue weighted by Crippen LogP contribution is -2.50. The molecule has 2 N–H and O–H groups in total. The van der Waals surface area contributed by atoms with Crippen molar-refractivity contribution in [3.8, 4) is 29.7 Å². The minimum absolute atomic E-state index is 0.0810. The Morgan fingerprint density at radius 3 is 2.43 bits per heavy atom. The van der Waals surface area contributed by atoms with E-state index in [0.29, 0.717) is 35.8 Å². The zero-order valence-corrected chi connectivity index (χ0v) is 22.0. The molecule has 0 saturated carbocycles. The molecule has 3 rings (SSSR count). The molecular weight excluding hydrogens is 470 g/mol. The van der Waals surface area contributed by atoms with Crippen LogP contribution in [0.3, 0.4) is 0 Å². The Morgan fingerprint density at radius 2 is 1.86 bits per heavy atom. The molecule has 1 aliphatic heterocycles. The smallest absolute Gasteiger partial charge is 0.410 e. The van der Waals surface area contributed by atoms with Crippen LogP contribution < -0.4 is 15.2 Å². The SMILES string of the molecule is CCCOc1ccc([C@@H]2[C@@H]3CN(C(=O)OC(C)(C)C)CC=C3C(C#N)=C(N)C2(C#N)C#N)cc1OCC. The highest BCUT2D eigenvalue weighted by molar-refractivity contribution is 5.70. The van der Waals surface area contributed by atoms with Crippen LogP contribution in [0.25, 0.3) is 0 Å². The number of allylic oxidation sites excluding steroid dienone is 2. The van der Waals surface area contributed by atoms with Gasteiger partial charge < -0.3 is 24.8 Å². The number of benzene rings is 1. The van der Waals surface area contributed by atoms with E-state index >= 15 is 0 Å². The molecular formula is C28H33N5O4. The van der Waals surface area contributed by atoms with Crippen molar-refractivity contribution in [2.45, 2.75) is 52.6 Å². The lowest BCUT2D eigenvalue weighted by atomic mass is 9.58. The number of carbonyl (C=O) groups is 1. The Balaban J connectivity index is 2.20. The Kier molecular flexibility index (Phi) is 8.04. The van der Waals surface area contributed by atoms with Crippen molar-refractivity contribution in [3.05, 3.63) is 46.7 Å². The van der Waals surface area contributed by atoms with Gasteiger partial charge in [-0.25, -0.2) is 4.79 Å². The first-order valence-corrected chi connectivity index (χ1v) is 12.4. The number of ether oxygens (including phenoxy) is 3. The molecule has 0 saturated heterocycles. The molecule has 0 spiro atoms. The van der Waals surface area contributed by atoms with Gasteiger partial charge >= 0.3 is 6.09 Å². The molecule has 194 valence electrons. The van der Waals surface area contributed by atoms with E-state index in [2.05, 4.69) is 18.2 Å². The summed E-state index contributed by atoms with van der Waals surface area (Å²) in [6, 6.07) is 11.6. The maximum Gasteiger partial charge on any atom is 0.410 e. The summed E-state index contributed by atoms with van der Waals surface area (Å²) in [6.45, 7) is 10.5. The Bertz CT molecular complexity index is 1220. The summed E-state index contributed by atoms with van der Waals surface area (Å²) < 4.78 is 17.2. The molecule has 0 unspecified atom stereocenters. The lowest BCUT2D eigenvalue weighted by molar-refractivity contribution is 0.0224. The van der Waals surface area contributed by atoms with Gasteiger partial charge in [-0.2, -0.15) is 15.8 Å². The maximum atomic E-state index is 12.9. The van der Waals surface area contributed by atoms with E-state index in [1.54, 1.807) is 45.0 Å². The number of nitrogens with zero attached hydrogens (tertiary/aromatic N) is 4. The van der Waals surface area contributed by atoms with Gasteiger partial charge in [0.25, 0.3) is 0 Å². The van der Waals surface area contributed by atoms with Crippen molar-refractivity contribution >= 4 is 6.09 Å². The van der Waals surface area contributed by atoms with Gasteiger partial charge in [0.2, 0.25) is 0 Å². The number of rotatable bonds is 6. The first-order valence-electron chi connectivity index (χ1n) is 12.4. The summed E-state index contributed by atoms with van der Waals surface area (Å²) >= 11 is 0. The fourth-order valence-corrected chi connectivity index (χ4v) is 4.85. The fourth-order valence-electron chi connectivity index (χ4n) is 4.85. The van der Waals surface area contributed by atoms with Crippen LogP contribution in [0.2, 0.25) is 0 Å². The molecule has 1 amide bonds. The van der Waals surface area contributed by atoms with Gasteiger partial charge in [0, 0.05) is 24.9 Å². The average Bonchev–Trinajstić information content (AvgIpc) is 2.86. The maximum absolute atomic E-state index is 12.9. The van der Waals surface area contributed by atoms with Crippen LogP contribution in [0.5, 0.6) is 11.5 Å². The molecule has 0 bridgehead atoms. The highest BCUT2D eigenvalue weighted by Crippen LogP contribution is 2.55. The molecule has 1 aliphatic carbocycles. The summed E-state index contributed by atoms with van der Waals surface area (Å²) in [5, 5.41) is 30.6. The van der Waals surface area contributed by atoms with Crippen LogP contribution in [0.4, 0.5) is 4.79 Å². The minimum Gasteiger partial charge on any atom is -0.490 e. The van der Waals surface area contributed by atoms with Gasteiger partial charge in [-0.3, -0.25) is 0 Å². The lowest BCUT2D eigenvalue weighted by Gasteiger charge is -2.45. The van der Waals surface area contributed by atoms with Crippen molar-refractivity contribution in [1.29, 1.82) is 15.8 Å². The Hall–Kier alpha value is -4.16. The normalized spacial score (nSPS) is 20.5. The molecule has 2 aliphatic rings. The zero-order chi connectivity index (χ0) is 27.4. The number of fused-ring (bicyclic) bond motifs is 1. The second-order valence-electron chi connectivity index (χ2n) is 10.0. The van der Waals surface area contributed by atoms with Crippen molar-refractivity contribution in [2.24, 2.45) is 17.1 Å². The molecule has 0 radical (unpaired) electrons. The van der Waals surface area contributed by atoms with Crippen LogP contribution in [-0.4, -0.2) is 42.9 Å². The van der Waals surface area contributed by atoms with Crippen LogP contribution in [0, 0.1) is 45.3 Å². The third-order valence-electron chi connectivity index (χ3n) is 6.40. The third kappa shape index (κ3) is 5.20.